The molecule has 17 heteroatoms. The first-order chi connectivity index (χ1) is 33.1. The molecule has 0 radical (unpaired) electrons. The molecular weight excluding hydrogens is 907 g/mol. The standard InChI is InChI=1S/C19H34N2O3.C18H30N2O3.C10H20N2O2.C7H11NO2/c1-5-14-6-7-16(20-13-14)17(22)12-15-8-10-21(11-9-15)18(23)24-19(2,3)4;1-13-5-6-15(19-12-13)16(21)11-14-7-9-20(10-8-14)17(22)23-18(2,3)4;1-10(2,3)14-9(13)12-6-4-8(11)5-7-12;1-5-2-3-6(7(9)10)8-4-5/h14-16,20H,5-13H2,1-4H3;14-15,19H,1,5-12H2,2-4H3;8H,4-7,11H2,1-3H3;6,8H,1-4H2,(H,9,10)/t14-,16+;15-;;6-/m10.0/s1. The first kappa shape index (κ1) is 61.2. The molecule has 0 saturated carbocycles. The summed E-state index contributed by atoms with van der Waals surface area (Å²) in [6.07, 6.45) is 12.5. The van der Waals surface area contributed by atoms with Gasteiger partial charge in [0.15, 0.2) is 0 Å². The number of hydrogen-bond donors (Lipinski definition) is 5. The van der Waals surface area contributed by atoms with Crippen molar-refractivity contribution in [2.24, 2.45) is 23.5 Å². The molecule has 0 unspecified atom stereocenters. The number of carboxylic acids is 1. The van der Waals surface area contributed by atoms with Crippen molar-refractivity contribution in [3.05, 3.63) is 24.3 Å². The van der Waals surface area contributed by atoms with Gasteiger partial charge in [-0.2, -0.15) is 0 Å². The van der Waals surface area contributed by atoms with Crippen LogP contribution in [0.2, 0.25) is 0 Å². The molecule has 71 heavy (non-hydrogen) atoms. The predicted octanol–water partition coefficient (Wildman–Crippen LogP) is 8.00. The van der Waals surface area contributed by atoms with Crippen LogP contribution in [0.3, 0.4) is 0 Å². The number of nitrogens with one attached hydrogen (secondary N) is 3. The highest BCUT2D eigenvalue weighted by Gasteiger charge is 2.33. The molecule has 17 nitrogen and oxygen atoms in total. The molecule has 6 heterocycles. The molecule has 0 spiro atoms. The van der Waals surface area contributed by atoms with Crippen molar-refractivity contribution in [2.75, 3.05) is 58.9 Å². The zero-order valence-electron chi connectivity index (χ0n) is 45.5. The van der Waals surface area contributed by atoms with Crippen LogP contribution in [-0.2, 0) is 28.6 Å². The molecule has 6 N–H and O–H groups in total. The monoisotopic (exact) mass is 1000 g/mol. The van der Waals surface area contributed by atoms with Gasteiger partial charge in [0.2, 0.25) is 0 Å². The number of Topliss-reactive ketones (excluding diaryl/α,β-unsaturated/α-hetero) is 2. The van der Waals surface area contributed by atoms with Crippen LogP contribution in [0.15, 0.2) is 24.3 Å². The Morgan fingerprint density at radius 1 is 0.535 bits per heavy atom. The Bertz CT molecular complexity index is 1720. The highest BCUT2D eigenvalue weighted by atomic mass is 16.6. The van der Waals surface area contributed by atoms with E-state index in [9.17, 15) is 28.8 Å². The van der Waals surface area contributed by atoms with Gasteiger partial charge in [-0.25, -0.2) is 14.4 Å². The Balaban J connectivity index is 0.000000263. The summed E-state index contributed by atoms with van der Waals surface area (Å²) < 4.78 is 16.1. The van der Waals surface area contributed by atoms with Gasteiger partial charge in [0.05, 0.1) is 12.1 Å². The molecule has 6 aliphatic rings. The highest BCUT2D eigenvalue weighted by Crippen LogP contribution is 2.27. The number of carbonyl (C=O) groups excluding carboxylic acids is 5. The van der Waals surface area contributed by atoms with E-state index in [2.05, 4.69) is 36.0 Å². The number of ether oxygens (including phenoxy) is 3. The van der Waals surface area contributed by atoms with E-state index in [1.165, 1.54) is 12.0 Å². The molecule has 6 rings (SSSR count). The van der Waals surface area contributed by atoms with E-state index in [-0.39, 0.29) is 42.4 Å². The SMILES string of the molecule is C=C1CC[C@@H](C(=O)CC2CCN(C(=O)OC(C)(C)C)CC2)NC1.C=C1CC[C@@H](C(=O)O)NC1.CC(C)(C)OC(=O)N1CCC(N)CC1.CC[C@@H]1CC[C@@H](C(=O)CC2CCN(C(=O)OC(C)(C)C)CC2)NC1. The lowest BCUT2D eigenvalue weighted by molar-refractivity contribution is -0.139. The van der Waals surface area contributed by atoms with Crippen LogP contribution in [0.5, 0.6) is 0 Å². The van der Waals surface area contributed by atoms with Crippen molar-refractivity contribution >= 4 is 35.8 Å². The van der Waals surface area contributed by atoms with Crippen molar-refractivity contribution in [1.82, 2.24) is 30.7 Å². The summed E-state index contributed by atoms with van der Waals surface area (Å²) in [5.41, 5.74) is 6.71. The minimum atomic E-state index is -0.757. The van der Waals surface area contributed by atoms with Crippen LogP contribution in [0.1, 0.15) is 166 Å². The van der Waals surface area contributed by atoms with E-state index in [1.54, 1.807) is 14.7 Å². The van der Waals surface area contributed by atoms with Gasteiger partial charge < -0.3 is 55.7 Å². The van der Waals surface area contributed by atoms with Gasteiger partial charge in [-0.05, 0) is 164 Å². The molecule has 0 bridgehead atoms. The summed E-state index contributed by atoms with van der Waals surface area (Å²) in [7, 11) is 0. The van der Waals surface area contributed by atoms with E-state index in [4.69, 9.17) is 25.1 Å². The normalized spacial score (nSPS) is 24.1. The Morgan fingerprint density at radius 3 is 1.18 bits per heavy atom. The number of likely N-dealkylation sites (tertiary alicyclic amines) is 3. The fraction of sp³-hybridized carbons (Fsp3) is 0.815. The molecule has 406 valence electrons. The number of nitrogens with two attached hydrogens (primary N) is 1. The summed E-state index contributed by atoms with van der Waals surface area (Å²) >= 11 is 0. The summed E-state index contributed by atoms with van der Waals surface area (Å²) in [5, 5.41) is 18.1. The van der Waals surface area contributed by atoms with Gasteiger partial charge in [0, 0.05) is 71.2 Å². The third kappa shape index (κ3) is 24.5. The van der Waals surface area contributed by atoms with Gasteiger partial charge in [0.25, 0.3) is 0 Å². The van der Waals surface area contributed by atoms with Crippen LogP contribution in [0.4, 0.5) is 14.4 Å². The second-order valence-electron chi connectivity index (χ2n) is 23.6. The Morgan fingerprint density at radius 2 is 0.887 bits per heavy atom. The highest BCUT2D eigenvalue weighted by molar-refractivity contribution is 5.85. The van der Waals surface area contributed by atoms with Crippen molar-refractivity contribution in [2.45, 2.75) is 207 Å². The maximum atomic E-state index is 12.5. The largest absolute Gasteiger partial charge is 0.480 e. The predicted molar refractivity (Wildman–Crippen MR) is 278 cm³/mol. The maximum Gasteiger partial charge on any atom is 0.410 e. The van der Waals surface area contributed by atoms with Gasteiger partial charge in [0.1, 0.15) is 34.4 Å². The maximum absolute atomic E-state index is 12.5. The Labute approximate surface area is 426 Å². The molecule has 6 saturated heterocycles. The van der Waals surface area contributed by atoms with Gasteiger partial charge in [-0.15, -0.1) is 0 Å². The molecule has 6 aliphatic heterocycles. The lowest BCUT2D eigenvalue weighted by Gasteiger charge is -2.34. The third-order valence-corrected chi connectivity index (χ3v) is 13.6. The van der Waals surface area contributed by atoms with Crippen molar-refractivity contribution in [1.29, 1.82) is 0 Å². The smallest absolute Gasteiger partial charge is 0.410 e. The third-order valence-electron chi connectivity index (χ3n) is 13.6. The fourth-order valence-corrected chi connectivity index (χ4v) is 9.19. The van der Waals surface area contributed by atoms with Crippen LogP contribution in [0.25, 0.3) is 0 Å². The van der Waals surface area contributed by atoms with Crippen LogP contribution in [0, 0.1) is 17.8 Å². The van der Waals surface area contributed by atoms with Crippen molar-refractivity contribution in [3.8, 4) is 0 Å². The number of carboxylic acid groups (broad SMARTS) is 1. The number of aliphatic carboxylic acids is 1. The summed E-state index contributed by atoms with van der Waals surface area (Å²) in [5.74, 6) is 1.43. The number of nitrogens with zero attached hydrogens (tertiary/aromatic N) is 3. The molecule has 0 aromatic heterocycles. The first-order valence-corrected chi connectivity index (χ1v) is 26.6. The van der Waals surface area contributed by atoms with Gasteiger partial charge in [-0.3, -0.25) is 14.4 Å². The van der Waals surface area contributed by atoms with E-state index >= 15 is 0 Å². The molecule has 0 aliphatic carbocycles. The summed E-state index contributed by atoms with van der Waals surface area (Å²) in [6, 6.07) is -0.0692. The topological polar surface area (TPSA) is 222 Å². The zero-order chi connectivity index (χ0) is 53.1. The molecule has 4 atom stereocenters. The van der Waals surface area contributed by atoms with Crippen LogP contribution >= 0.6 is 0 Å². The van der Waals surface area contributed by atoms with E-state index in [1.807, 2.05) is 62.3 Å². The quantitative estimate of drug-likeness (QED) is 0.115. The molecule has 0 aromatic rings. The fourth-order valence-electron chi connectivity index (χ4n) is 9.19. The zero-order valence-corrected chi connectivity index (χ0v) is 45.5. The number of carbonyl (C=O) groups is 6. The number of amides is 3. The molecule has 0 aromatic carbocycles. The van der Waals surface area contributed by atoms with E-state index in [0.717, 1.165) is 108 Å². The summed E-state index contributed by atoms with van der Waals surface area (Å²) in [6.45, 7) is 33.4. The van der Waals surface area contributed by atoms with E-state index < -0.39 is 22.8 Å². The number of ketones is 2. The second-order valence-corrected chi connectivity index (χ2v) is 23.6. The Hall–Kier alpha value is -4.06. The lowest BCUT2D eigenvalue weighted by atomic mass is 9.86. The number of rotatable bonds is 8. The van der Waals surface area contributed by atoms with Gasteiger partial charge >= 0.3 is 24.2 Å². The Kier molecular flexibility index (Phi) is 25.0. The first-order valence-electron chi connectivity index (χ1n) is 26.6. The molecule has 6 fully saturated rings. The van der Waals surface area contributed by atoms with Crippen molar-refractivity contribution < 1.29 is 48.1 Å². The minimum Gasteiger partial charge on any atom is -0.480 e. The van der Waals surface area contributed by atoms with Crippen LogP contribution < -0.4 is 21.7 Å². The summed E-state index contributed by atoms with van der Waals surface area (Å²) in [4.78, 5) is 76.2. The van der Waals surface area contributed by atoms with Crippen LogP contribution in [-0.4, -0.2) is 155 Å². The minimum absolute atomic E-state index is 0.00983. The average Bonchev–Trinajstić information content (AvgIpc) is 3.29. The molecular formula is C54H95N7O10. The lowest BCUT2D eigenvalue weighted by Crippen LogP contribution is -2.45. The number of piperidine rings is 6. The second kappa shape index (κ2) is 29.0. The van der Waals surface area contributed by atoms with Crippen molar-refractivity contribution in [3.63, 3.8) is 0 Å². The molecule has 3 amide bonds. The van der Waals surface area contributed by atoms with Gasteiger partial charge in [-0.1, -0.05) is 37.6 Å². The van der Waals surface area contributed by atoms with E-state index in [0.29, 0.717) is 75.4 Å². The average molecular weight is 1000 g/mol. The number of hydrogen-bond acceptors (Lipinski definition) is 13.